The van der Waals surface area contributed by atoms with Gasteiger partial charge >= 0.3 is 0 Å². The highest BCUT2D eigenvalue weighted by Gasteiger charge is 2.45. The highest BCUT2D eigenvalue weighted by Crippen LogP contribution is 2.32. The number of hydrogen-bond acceptors (Lipinski definition) is 4. The lowest BCUT2D eigenvalue weighted by Gasteiger charge is -2.21. The third-order valence-corrected chi connectivity index (χ3v) is 5.11. The van der Waals surface area contributed by atoms with Crippen molar-refractivity contribution in [2.45, 2.75) is 17.4 Å². The van der Waals surface area contributed by atoms with Gasteiger partial charge < -0.3 is 5.32 Å². The summed E-state index contributed by atoms with van der Waals surface area (Å²) in [4.78, 5) is 12.3. The molecule has 1 aromatic rings. The van der Waals surface area contributed by atoms with Crippen molar-refractivity contribution in [3.8, 4) is 0 Å². The van der Waals surface area contributed by atoms with E-state index in [2.05, 4.69) is 5.32 Å². The number of carbonyl (C=O) groups excluding carboxylic acids is 1. The van der Waals surface area contributed by atoms with Crippen LogP contribution in [-0.2, 0) is 10.0 Å². The monoisotopic (exact) mass is 252 g/mol. The van der Waals surface area contributed by atoms with Gasteiger partial charge in [0.05, 0.1) is 11.6 Å². The molecule has 5 nitrogen and oxygen atoms in total. The van der Waals surface area contributed by atoms with Crippen LogP contribution in [0.25, 0.3) is 0 Å². The molecule has 1 N–H and O–H groups in total. The van der Waals surface area contributed by atoms with Crippen LogP contribution < -0.4 is 5.32 Å². The fourth-order valence-electron chi connectivity index (χ4n) is 2.40. The number of carbonyl (C=O) groups is 1. The molecule has 3 rings (SSSR count). The van der Waals surface area contributed by atoms with Gasteiger partial charge in [-0.1, -0.05) is 12.1 Å². The maximum Gasteiger partial charge on any atom is 0.269 e. The number of sulfonamides is 1. The fraction of sp³-hybridized carbons (Fsp3) is 0.364. The zero-order chi connectivity index (χ0) is 12.0. The maximum absolute atomic E-state index is 12.3. The van der Waals surface area contributed by atoms with Gasteiger partial charge in [-0.3, -0.25) is 4.79 Å². The molecule has 1 unspecified atom stereocenters. The van der Waals surface area contributed by atoms with E-state index in [0.29, 0.717) is 18.5 Å². The number of amides is 1. The zero-order valence-electron chi connectivity index (χ0n) is 9.09. The molecular formula is C11H12N2O3S. The van der Waals surface area contributed by atoms with Gasteiger partial charge in [0.15, 0.2) is 0 Å². The summed E-state index contributed by atoms with van der Waals surface area (Å²) in [6.07, 6.45) is 0.680. The first-order valence-corrected chi connectivity index (χ1v) is 6.95. The van der Waals surface area contributed by atoms with E-state index in [-0.39, 0.29) is 10.9 Å². The summed E-state index contributed by atoms with van der Waals surface area (Å²) in [6.45, 7) is 1.29. The smallest absolute Gasteiger partial charge is 0.269 e. The van der Waals surface area contributed by atoms with E-state index in [1.54, 1.807) is 18.2 Å². The largest absolute Gasteiger partial charge is 0.315 e. The molecule has 1 aromatic carbocycles. The van der Waals surface area contributed by atoms with Gasteiger partial charge in [-0.05, 0) is 25.1 Å². The van der Waals surface area contributed by atoms with Crippen LogP contribution in [0.1, 0.15) is 16.8 Å². The van der Waals surface area contributed by atoms with Crippen molar-refractivity contribution in [2.75, 3.05) is 13.1 Å². The molecule has 1 saturated heterocycles. The molecule has 6 heteroatoms. The minimum absolute atomic E-state index is 0.136. The Hall–Kier alpha value is -1.40. The quantitative estimate of drug-likeness (QED) is 0.775. The Labute approximate surface area is 99.5 Å². The van der Waals surface area contributed by atoms with Crippen LogP contribution in [0, 0.1) is 0 Å². The highest BCUT2D eigenvalue weighted by molar-refractivity contribution is 7.90. The summed E-state index contributed by atoms with van der Waals surface area (Å²) >= 11 is 0. The first kappa shape index (κ1) is 10.7. The predicted octanol–water partition coefficient (Wildman–Crippen LogP) is 0.193. The normalized spacial score (nSPS) is 26.2. The molecule has 0 aromatic heterocycles. The van der Waals surface area contributed by atoms with Crippen molar-refractivity contribution in [2.24, 2.45) is 0 Å². The van der Waals surface area contributed by atoms with Gasteiger partial charge in [0, 0.05) is 6.54 Å². The second-order valence-electron chi connectivity index (χ2n) is 4.25. The fourth-order valence-corrected chi connectivity index (χ4v) is 4.19. The molecule has 0 radical (unpaired) electrons. The molecule has 17 heavy (non-hydrogen) atoms. The summed E-state index contributed by atoms with van der Waals surface area (Å²) in [5.41, 5.74) is 0.291. The first-order valence-electron chi connectivity index (χ1n) is 5.51. The average molecular weight is 252 g/mol. The average Bonchev–Trinajstić information content (AvgIpc) is 2.87. The van der Waals surface area contributed by atoms with Crippen LogP contribution in [-0.4, -0.2) is 37.8 Å². The molecule has 1 amide bonds. The standard InChI is InChI=1S/C11H12N2O3S/c14-11-9-3-1-2-4-10(9)17(15,16)13(11)8-5-6-12-7-8/h1-4,8,12H,5-7H2. The van der Waals surface area contributed by atoms with E-state index in [1.807, 2.05) is 0 Å². The third kappa shape index (κ3) is 1.41. The Morgan fingerprint density at radius 3 is 2.71 bits per heavy atom. The van der Waals surface area contributed by atoms with Crippen LogP contribution in [0.3, 0.4) is 0 Å². The number of fused-ring (bicyclic) bond motifs is 1. The Kier molecular flexibility index (Phi) is 2.24. The van der Waals surface area contributed by atoms with Gasteiger partial charge in [-0.2, -0.15) is 0 Å². The second kappa shape index (κ2) is 3.54. The Balaban J connectivity index is 2.13. The van der Waals surface area contributed by atoms with Gasteiger partial charge in [0.1, 0.15) is 4.90 Å². The van der Waals surface area contributed by atoms with Gasteiger partial charge in [-0.25, -0.2) is 12.7 Å². The topological polar surface area (TPSA) is 66.5 Å². The minimum Gasteiger partial charge on any atom is -0.315 e. The molecule has 1 fully saturated rings. The molecule has 0 aliphatic carbocycles. The molecule has 2 aliphatic heterocycles. The van der Waals surface area contributed by atoms with Gasteiger partial charge in [0.2, 0.25) is 0 Å². The highest BCUT2D eigenvalue weighted by atomic mass is 32.2. The number of hydrogen-bond donors (Lipinski definition) is 1. The van der Waals surface area contributed by atoms with Crippen molar-refractivity contribution in [3.05, 3.63) is 29.8 Å². The molecule has 90 valence electrons. The lowest BCUT2D eigenvalue weighted by atomic mass is 10.2. The van der Waals surface area contributed by atoms with Crippen molar-refractivity contribution in [1.29, 1.82) is 0 Å². The van der Waals surface area contributed by atoms with E-state index < -0.39 is 15.9 Å². The number of rotatable bonds is 1. The Bertz CT molecular complexity index is 576. The molecule has 0 saturated carbocycles. The van der Waals surface area contributed by atoms with Crippen molar-refractivity contribution >= 4 is 15.9 Å². The third-order valence-electron chi connectivity index (χ3n) is 3.22. The molecular weight excluding hydrogens is 240 g/mol. The summed E-state index contributed by atoms with van der Waals surface area (Å²) in [5.74, 6) is -0.394. The summed E-state index contributed by atoms with van der Waals surface area (Å²) in [7, 11) is -3.64. The minimum atomic E-state index is -3.64. The van der Waals surface area contributed by atoms with Gasteiger partial charge in [0.25, 0.3) is 15.9 Å². The maximum atomic E-state index is 12.3. The molecule has 0 bridgehead atoms. The predicted molar refractivity (Wildman–Crippen MR) is 61.1 cm³/mol. The van der Waals surface area contributed by atoms with Crippen LogP contribution >= 0.6 is 0 Å². The van der Waals surface area contributed by atoms with Crippen LogP contribution in [0.15, 0.2) is 29.2 Å². The Morgan fingerprint density at radius 1 is 1.29 bits per heavy atom. The lowest BCUT2D eigenvalue weighted by molar-refractivity contribution is 0.0839. The number of nitrogens with one attached hydrogen (secondary N) is 1. The van der Waals surface area contributed by atoms with E-state index in [9.17, 15) is 13.2 Å². The summed E-state index contributed by atoms with van der Waals surface area (Å²) in [5, 5.41) is 3.08. The SMILES string of the molecule is O=C1c2ccccc2S(=O)(=O)N1C1CCNC1. The first-order chi connectivity index (χ1) is 8.12. The van der Waals surface area contributed by atoms with Gasteiger partial charge in [-0.15, -0.1) is 0 Å². The summed E-state index contributed by atoms with van der Waals surface area (Å²) < 4.78 is 25.6. The van der Waals surface area contributed by atoms with Crippen LogP contribution in [0.2, 0.25) is 0 Å². The van der Waals surface area contributed by atoms with E-state index >= 15 is 0 Å². The van der Waals surface area contributed by atoms with Crippen LogP contribution in [0.5, 0.6) is 0 Å². The number of benzene rings is 1. The molecule has 1 atom stereocenters. The second-order valence-corrected chi connectivity index (χ2v) is 6.03. The lowest BCUT2D eigenvalue weighted by Crippen LogP contribution is -2.41. The van der Waals surface area contributed by atoms with Crippen LogP contribution in [0.4, 0.5) is 0 Å². The van der Waals surface area contributed by atoms with E-state index in [0.717, 1.165) is 10.8 Å². The Morgan fingerprint density at radius 2 is 2.06 bits per heavy atom. The van der Waals surface area contributed by atoms with E-state index in [4.69, 9.17) is 0 Å². The van der Waals surface area contributed by atoms with E-state index in [1.165, 1.54) is 6.07 Å². The van der Waals surface area contributed by atoms with Crippen molar-refractivity contribution < 1.29 is 13.2 Å². The number of nitrogens with zero attached hydrogens (tertiary/aromatic N) is 1. The summed E-state index contributed by atoms with van der Waals surface area (Å²) in [6, 6.07) is 6.13. The molecule has 0 spiro atoms. The molecule has 2 aliphatic rings. The zero-order valence-corrected chi connectivity index (χ0v) is 9.90. The van der Waals surface area contributed by atoms with Crippen molar-refractivity contribution in [3.63, 3.8) is 0 Å². The van der Waals surface area contributed by atoms with Crippen molar-refractivity contribution in [1.82, 2.24) is 9.62 Å². The molecule has 2 heterocycles.